The van der Waals surface area contributed by atoms with E-state index in [1.807, 2.05) is 0 Å². The summed E-state index contributed by atoms with van der Waals surface area (Å²) >= 11 is 0. The summed E-state index contributed by atoms with van der Waals surface area (Å²) in [5, 5.41) is 12.9. The first kappa shape index (κ1) is 15.9. The first-order valence-corrected chi connectivity index (χ1v) is 9.18. The number of aromatic nitrogens is 4. The van der Waals surface area contributed by atoms with Crippen molar-refractivity contribution < 1.29 is 0 Å². The Balaban J connectivity index is 1.83. The molecule has 5 heteroatoms. The van der Waals surface area contributed by atoms with E-state index >= 15 is 0 Å². The number of rotatable bonds is 5. The molecule has 2 aliphatic carbocycles. The van der Waals surface area contributed by atoms with Gasteiger partial charge in [0.15, 0.2) is 5.82 Å². The van der Waals surface area contributed by atoms with Gasteiger partial charge in [-0.3, -0.25) is 4.90 Å². The monoisotopic (exact) mass is 305 g/mol. The average molecular weight is 305 g/mol. The topological polar surface area (TPSA) is 46.8 Å². The predicted molar refractivity (Wildman–Crippen MR) is 87.5 cm³/mol. The average Bonchev–Trinajstić information content (AvgIpc) is 3.18. The molecular weight excluding hydrogens is 274 g/mol. The Morgan fingerprint density at radius 2 is 1.64 bits per heavy atom. The van der Waals surface area contributed by atoms with Gasteiger partial charge < -0.3 is 0 Å². The fourth-order valence-electron chi connectivity index (χ4n) is 4.47. The maximum atomic E-state index is 4.46. The van der Waals surface area contributed by atoms with Gasteiger partial charge in [-0.1, -0.05) is 46.0 Å². The molecule has 124 valence electrons. The van der Waals surface area contributed by atoms with Gasteiger partial charge in [0, 0.05) is 6.04 Å². The molecule has 22 heavy (non-hydrogen) atoms. The third kappa shape index (κ3) is 3.19. The molecule has 2 fully saturated rings. The molecule has 0 unspecified atom stereocenters. The van der Waals surface area contributed by atoms with E-state index in [-0.39, 0.29) is 0 Å². The smallest absolute Gasteiger partial charge is 0.168 e. The Labute approximate surface area is 134 Å². The van der Waals surface area contributed by atoms with Gasteiger partial charge in [-0.15, -0.1) is 5.10 Å². The van der Waals surface area contributed by atoms with Crippen molar-refractivity contribution >= 4 is 0 Å². The van der Waals surface area contributed by atoms with Crippen LogP contribution in [0, 0.1) is 5.92 Å². The molecule has 0 bridgehead atoms. The third-order valence-corrected chi connectivity index (χ3v) is 5.67. The summed E-state index contributed by atoms with van der Waals surface area (Å²) in [7, 11) is 2.29. The van der Waals surface area contributed by atoms with E-state index in [9.17, 15) is 0 Å². The van der Waals surface area contributed by atoms with E-state index in [4.69, 9.17) is 0 Å². The minimum absolute atomic E-state index is 0.332. The molecule has 1 aromatic rings. The van der Waals surface area contributed by atoms with Crippen molar-refractivity contribution in [1.82, 2.24) is 25.1 Å². The lowest BCUT2D eigenvalue weighted by molar-refractivity contribution is 0.0973. The number of hydrogen-bond acceptors (Lipinski definition) is 4. The molecule has 0 aromatic carbocycles. The van der Waals surface area contributed by atoms with Crippen LogP contribution in [-0.4, -0.2) is 38.2 Å². The highest BCUT2D eigenvalue weighted by Crippen LogP contribution is 2.36. The largest absolute Gasteiger partial charge is 0.293 e. The van der Waals surface area contributed by atoms with Crippen molar-refractivity contribution in [1.29, 1.82) is 0 Å². The van der Waals surface area contributed by atoms with Gasteiger partial charge in [0.2, 0.25) is 0 Å². The zero-order valence-electron chi connectivity index (χ0n) is 14.4. The molecule has 5 nitrogen and oxygen atoms in total. The van der Waals surface area contributed by atoms with Crippen LogP contribution in [0.3, 0.4) is 0 Å². The maximum Gasteiger partial charge on any atom is 0.168 e. The van der Waals surface area contributed by atoms with E-state index in [1.165, 1.54) is 57.8 Å². The molecule has 2 saturated carbocycles. The Morgan fingerprint density at radius 1 is 1.00 bits per heavy atom. The Bertz CT molecular complexity index is 457. The molecule has 1 aromatic heterocycles. The molecule has 0 aliphatic heterocycles. The fraction of sp³-hybridized carbons (Fsp3) is 0.941. The Hall–Kier alpha value is -0.970. The normalized spacial score (nSPS) is 22.8. The predicted octanol–water partition coefficient (Wildman–Crippen LogP) is 3.75. The van der Waals surface area contributed by atoms with E-state index in [0.717, 1.165) is 5.82 Å². The van der Waals surface area contributed by atoms with Crippen LogP contribution in [0.5, 0.6) is 0 Å². The highest BCUT2D eigenvalue weighted by molar-refractivity contribution is 4.99. The van der Waals surface area contributed by atoms with E-state index in [1.54, 1.807) is 0 Å². The molecule has 1 atom stereocenters. The molecule has 2 aliphatic rings. The summed E-state index contributed by atoms with van der Waals surface area (Å²) in [5.41, 5.74) is 0. The van der Waals surface area contributed by atoms with Crippen LogP contribution in [0.15, 0.2) is 0 Å². The van der Waals surface area contributed by atoms with Crippen LogP contribution in [0.4, 0.5) is 0 Å². The van der Waals surface area contributed by atoms with Gasteiger partial charge in [0.25, 0.3) is 0 Å². The lowest BCUT2D eigenvalue weighted by Crippen LogP contribution is -2.40. The van der Waals surface area contributed by atoms with Crippen molar-refractivity contribution in [2.24, 2.45) is 5.92 Å². The molecule has 3 rings (SSSR count). The zero-order valence-corrected chi connectivity index (χ0v) is 14.4. The van der Waals surface area contributed by atoms with Gasteiger partial charge in [0.05, 0.1) is 12.1 Å². The number of tetrazole rings is 1. The van der Waals surface area contributed by atoms with Crippen LogP contribution in [-0.2, 0) is 0 Å². The lowest BCUT2D eigenvalue weighted by Gasteiger charge is -2.38. The quantitative estimate of drug-likeness (QED) is 0.831. The minimum atomic E-state index is 0.332. The van der Waals surface area contributed by atoms with E-state index in [0.29, 0.717) is 24.0 Å². The highest BCUT2D eigenvalue weighted by Gasteiger charge is 2.33. The standard InChI is InChI=1S/C17H31N5/c1-13(2)16(21(3)14-9-5-4-6-10-14)17-18-19-20-22(17)15-11-7-8-12-15/h13-16H,4-12H2,1-3H3/t16-/m1/s1. The van der Waals surface area contributed by atoms with Crippen molar-refractivity contribution in [3.8, 4) is 0 Å². The summed E-state index contributed by atoms with van der Waals surface area (Å²) in [5.74, 6) is 1.62. The number of nitrogens with zero attached hydrogens (tertiary/aromatic N) is 5. The van der Waals surface area contributed by atoms with Crippen molar-refractivity contribution in [2.75, 3.05) is 7.05 Å². The maximum absolute atomic E-state index is 4.46. The van der Waals surface area contributed by atoms with Crippen molar-refractivity contribution in [3.05, 3.63) is 5.82 Å². The fourth-order valence-corrected chi connectivity index (χ4v) is 4.47. The van der Waals surface area contributed by atoms with Gasteiger partial charge in [0.1, 0.15) is 0 Å². The minimum Gasteiger partial charge on any atom is -0.293 e. The van der Waals surface area contributed by atoms with Crippen molar-refractivity contribution in [2.45, 2.75) is 89.8 Å². The summed E-state index contributed by atoms with van der Waals surface area (Å²) in [6, 6.07) is 1.54. The molecule has 0 saturated heterocycles. The summed E-state index contributed by atoms with van der Waals surface area (Å²) < 4.78 is 2.15. The second-order valence-electron chi connectivity index (χ2n) is 7.57. The molecule has 0 amide bonds. The summed E-state index contributed by atoms with van der Waals surface area (Å²) in [6.07, 6.45) is 11.9. The Kier molecular flexibility index (Phi) is 5.11. The van der Waals surface area contributed by atoms with Crippen LogP contribution in [0.25, 0.3) is 0 Å². The zero-order chi connectivity index (χ0) is 15.5. The highest BCUT2D eigenvalue weighted by atomic mass is 15.6. The van der Waals surface area contributed by atoms with Gasteiger partial charge in [-0.2, -0.15) is 0 Å². The Morgan fingerprint density at radius 3 is 2.27 bits per heavy atom. The van der Waals surface area contributed by atoms with E-state index < -0.39 is 0 Å². The van der Waals surface area contributed by atoms with Gasteiger partial charge in [-0.25, -0.2) is 4.68 Å². The number of hydrogen-bond donors (Lipinski definition) is 0. The first-order valence-electron chi connectivity index (χ1n) is 9.18. The van der Waals surface area contributed by atoms with E-state index in [2.05, 4.69) is 46.0 Å². The second-order valence-corrected chi connectivity index (χ2v) is 7.57. The first-order chi connectivity index (χ1) is 10.7. The SMILES string of the molecule is CC(C)[C@H](c1nnnn1C1CCCC1)N(C)C1CCCCC1. The summed E-state index contributed by atoms with van der Waals surface area (Å²) in [6.45, 7) is 4.61. The van der Waals surface area contributed by atoms with Crippen molar-refractivity contribution in [3.63, 3.8) is 0 Å². The second kappa shape index (κ2) is 7.07. The third-order valence-electron chi connectivity index (χ3n) is 5.67. The van der Waals surface area contributed by atoms with Crippen LogP contribution < -0.4 is 0 Å². The van der Waals surface area contributed by atoms with Crippen LogP contribution in [0.2, 0.25) is 0 Å². The molecule has 0 N–H and O–H groups in total. The molecule has 0 spiro atoms. The molecule has 0 radical (unpaired) electrons. The van der Waals surface area contributed by atoms with Gasteiger partial charge >= 0.3 is 0 Å². The summed E-state index contributed by atoms with van der Waals surface area (Å²) in [4.78, 5) is 2.57. The van der Waals surface area contributed by atoms with Crippen LogP contribution in [0.1, 0.15) is 89.5 Å². The van der Waals surface area contributed by atoms with Gasteiger partial charge in [-0.05, 0) is 49.1 Å². The van der Waals surface area contributed by atoms with Crippen LogP contribution >= 0.6 is 0 Å². The molecule has 1 heterocycles. The molecular formula is C17H31N5. The lowest BCUT2D eigenvalue weighted by atomic mass is 9.91.